The maximum Gasteiger partial charge on any atom is 0.408 e. The summed E-state index contributed by atoms with van der Waals surface area (Å²) < 4.78 is 44.9. The number of rotatable bonds is 20. The molecule has 1 aliphatic heterocycles. The summed E-state index contributed by atoms with van der Waals surface area (Å²) in [5, 5.41) is 12.8. The number of benzene rings is 5. The quantitative estimate of drug-likeness (QED) is 0.0822. The van der Waals surface area contributed by atoms with Gasteiger partial charge < -0.3 is 43.6 Å². The minimum absolute atomic E-state index is 0.0369. The van der Waals surface area contributed by atoms with Gasteiger partial charge in [-0.2, -0.15) is 0 Å². The molecule has 0 unspecified atom stereocenters. The predicted octanol–water partition coefficient (Wildman–Crippen LogP) is 7.47. The zero-order valence-electron chi connectivity index (χ0n) is 31.8. The molecule has 7 atom stereocenters. The van der Waals surface area contributed by atoms with Crippen molar-refractivity contribution in [1.82, 2.24) is 5.32 Å². The Kier molecular flexibility index (Phi) is 15.8. The molecular weight excluding hydrogens is 727 g/mol. The van der Waals surface area contributed by atoms with E-state index in [9.17, 15) is 14.7 Å². The lowest BCUT2D eigenvalue weighted by Crippen LogP contribution is -2.63. The summed E-state index contributed by atoms with van der Waals surface area (Å²) in [6.07, 6.45) is -6.41. The van der Waals surface area contributed by atoms with E-state index >= 15 is 0 Å². The van der Waals surface area contributed by atoms with E-state index in [0.29, 0.717) is 6.61 Å². The van der Waals surface area contributed by atoms with E-state index < -0.39 is 54.9 Å². The molecule has 0 saturated carbocycles. The number of hydrogen-bond donors (Lipinski definition) is 2. The highest BCUT2D eigenvalue weighted by Gasteiger charge is 2.50. The van der Waals surface area contributed by atoms with E-state index in [1.807, 2.05) is 140 Å². The number of alkyl carbamates (subject to hydrolysis) is 1. The Balaban J connectivity index is 1.28. The second-order valence-electron chi connectivity index (χ2n) is 13.7. The molecule has 11 nitrogen and oxygen atoms in total. The molecule has 1 fully saturated rings. The molecule has 0 spiro atoms. The maximum atomic E-state index is 12.9. The van der Waals surface area contributed by atoms with E-state index in [4.69, 9.17) is 33.2 Å². The fraction of sp³-hybridized carbons (Fsp3) is 0.304. The van der Waals surface area contributed by atoms with Gasteiger partial charge in [0.25, 0.3) is 0 Å². The molecule has 298 valence electrons. The average Bonchev–Trinajstić information content (AvgIpc) is 3.25. The SMILES string of the molecule is C[C@@H](O[C@H]1O[C@H](COCc2ccccc2)[C@@H](OCc2ccccc2)[C@H](OCc2ccccc2)[C@@H]1OCc1ccccc1)[C@H](NC(=O)OCc1ccccc1)C(=O)O. The van der Waals surface area contributed by atoms with Crippen LogP contribution in [0.2, 0.25) is 0 Å². The summed E-state index contributed by atoms with van der Waals surface area (Å²) in [7, 11) is 0. The van der Waals surface area contributed by atoms with Crippen LogP contribution in [-0.4, -0.2) is 66.6 Å². The number of aliphatic carboxylic acids is 1. The molecular formula is C46H49NO10. The van der Waals surface area contributed by atoms with Crippen LogP contribution in [0.4, 0.5) is 4.79 Å². The second kappa shape index (κ2) is 21.8. The van der Waals surface area contributed by atoms with Crippen molar-refractivity contribution in [2.45, 2.75) is 82.8 Å². The first-order valence-corrected chi connectivity index (χ1v) is 19.0. The summed E-state index contributed by atoms with van der Waals surface area (Å²) in [6, 6.07) is 46.5. The Morgan fingerprint density at radius 2 is 0.982 bits per heavy atom. The van der Waals surface area contributed by atoms with Crippen LogP contribution in [0, 0.1) is 0 Å². The lowest BCUT2D eigenvalue weighted by Gasteiger charge is -2.46. The van der Waals surface area contributed by atoms with E-state index in [1.165, 1.54) is 0 Å². The Bertz CT molecular complexity index is 1900. The molecule has 1 aliphatic rings. The summed E-state index contributed by atoms with van der Waals surface area (Å²) in [5.41, 5.74) is 4.51. The molecule has 5 aromatic rings. The van der Waals surface area contributed by atoms with Crippen LogP contribution in [0.15, 0.2) is 152 Å². The largest absolute Gasteiger partial charge is 0.480 e. The van der Waals surface area contributed by atoms with Gasteiger partial charge in [-0.3, -0.25) is 0 Å². The van der Waals surface area contributed by atoms with Gasteiger partial charge in [0.15, 0.2) is 12.3 Å². The van der Waals surface area contributed by atoms with Gasteiger partial charge in [-0.05, 0) is 34.7 Å². The molecule has 0 aromatic heterocycles. The molecule has 57 heavy (non-hydrogen) atoms. The van der Waals surface area contributed by atoms with Crippen LogP contribution in [0.25, 0.3) is 0 Å². The predicted molar refractivity (Wildman–Crippen MR) is 212 cm³/mol. The number of carboxylic acids is 1. The lowest BCUT2D eigenvalue weighted by atomic mass is 9.97. The summed E-state index contributed by atoms with van der Waals surface area (Å²) >= 11 is 0. The van der Waals surface area contributed by atoms with E-state index in [1.54, 1.807) is 19.1 Å². The van der Waals surface area contributed by atoms with Crippen LogP contribution in [-0.2, 0) is 71.0 Å². The second-order valence-corrected chi connectivity index (χ2v) is 13.7. The molecule has 1 saturated heterocycles. The number of nitrogens with one attached hydrogen (secondary N) is 1. The average molecular weight is 776 g/mol. The number of hydrogen-bond acceptors (Lipinski definition) is 9. The zero-order valence-corrected chi connectivity index (χ0v) is 31.8. The van der Waals surface area contributed by atoms with Crippen molar-refractivity contribution in [3.05, 3.63) is 179 Å². The van der Waals surface area contributed by atoms with Gasteiger partial charge in [0.05, 0.1) is 39.1 Å². The van der Waals surface area contributed by atoms with Gasteiger partial charge in [0.1, 0.15) is 31.0 Å². The fourth-order valence-electron chi connectivity index (χ4n) is 6.42. The number of carbonyl (C=O) groups excluding carboxylic acids is 1. The van der Waals surface area contributed by atoms with Gasteiger partial charge in [0, 0.05) is 0 Å². The van der Waals surface area contributed by atoms with Crippen molar-refractivity contribution < 1.29 is 47.9 Å². The zero-order chi connectivity index (χ0) is 39.7. The maximum absolute atomic E-state index is 12.9. The third kappa shape index (κ3) is 12.8. The molecule has 0 radical (unpaired) electrons. The van der Waals surface area contributed by atoms with Crippen molar-refractivity contribution >= 4 is 12.1 Å². The fourth-order valence-corrected chi connectivity index (χ4v) is 6.42. The van der Waals surface area contributed by atoms with Gasteiger partial charge in [-0.25, -0.2) is 9.59 Å². The van der Waals surface area contributed by atoms with Gasteiger partial charge in [-0.15, -0.1) is 0 Å². The summed E-state index contributed by atoms with van der Waals surface area (Å²) in [6.45, 7) is 2.55. The molecule has 11 heteroatoms. The standard InChI is InChI=1S/C46H49NO10/c1-33(40(44(48)49)47-46(50)55-31-38-25-15-6-16-26-38)56-45-43(54-30-37-23-13-5-14-24-37)42(53-29-36-21-11-4-12-22-36)41(52-28-35-19-9-3-10-20-35)39(57-45)32-51-27-34-17-7-2-8-18-34/h2-26,33,39-43,45H,27-32H2,1H3,(H,47,50)(H,48,49)/t33-,39-,40+,41-,42+,43+,45+/m1/s1. The molecule has 2 N–H and O–H groups in total. The first kappa shape index (κ1) is 41.2. The number of carboxylic acid groups (broad SMARTS) is 1. The Morgan fingerprint density at radius 3 is 1.44 bits per heavy atom. The molecule has 5 aromatic carbocycles. The molecule has 1 heterocycles. The Morgan fingerprint density at radius 1 is 0.579 bits per heavy atom. The molecule has 6 rings (SSSR count). The van der Waals surface area contributed by atoms with Crippen molar-refractivity contribution in [2.75, 3.05) is 6.61 Å². The van der Waals surface area contributed by atoms with Crippen LogP contribution >= 0.6 is 0 Å². The molecule has 1 amide bonds. The van der Waals surface area contributed by atoms with E-state index in [-0.39, 0.29) is 33.0 Å². The van der Waals surface area contributed by atoms with Crippen LogP contribution < -0.4 is 5.32 Å². The van der Waals surface area contributed by atoms with E-state index in [2.05, 4.69) is 5.32 Å². The minimum Gasteiger partial charge on any atom is -0.480 e. The first-order valence-electron chi connectivity index (χ1n) is 19.0. The van der Waals surface area contributed by atoms with Crippen LogP contribution in [0.1, 0.15) is 34.7 Å². The summed E-state index contributed by atoms with van der Waals surface area (Å²) in [5.74, 6) is -1.32. The molecule has 0 bridgehead atoms. The van der Waals surface area contributed by atoms with Crippen molar-refractivity contribution in [3.8, 4) is 0 Å². The topological polar surface area (TPSA) is 131 Å². The van der Waals surface area contributed by atoms with Crippen molar-refractivity contribution in [1.29, 1.82) is 0 Å². The highest BCUT2D eigenvalue weighted by atomic mass is 16.7. The smallest absolute Gasteiger partial charge is 0.408 e. The van der Waals surface area contributed by atoms with Crippen molar-refractivity contribution in [3.63, 3.8) is 0 Å². The van der Waals surface area contributed by atoms with Gasteiger partial charge in [0.2, 0.25) is 0 Å². The Hall–Kier alpha value is -5.40. The van der Waals surface area contributed by atoms with Gasteiger partial charge >= 0.3 is 12.1 Å². The van der Waals surface area contributed by atoms with E-state index in [0.717, 1.165) is 27.8 Å². The van der Waals surface area contributed by atoms with Crippen LogP contribution in [0.3, 0.4) is 0 Å². The first-order chi connectivity index (χ1) is 27.9. The normalized spacial score (nSPS) is 20.3. The minimum atomic E-state index is -1.50. The van der Waals surface area contributed by atoms with Gasteiger partial charge in [-0.1, -0.05) is 152 Å². The lowest BCUT2D eigenvalue weighted by molar-refractivity contribution is -0.336. The summed E-state index contributed by atoms with van der Waals surface area (Å²) in [4.78, 5) is 25.5. The highest BCUT2D eigenvalue weighted by molar-refractivity contribution is 5.80. The Labute approximate surface area is 333 Å². The third-order valence-corrected chi connectivity index (χ3v) is 9.41. The number of carbonyl (C=O) groups is 2. The number of amides is 1. The highest BCUT2D eigenvalue weighted by Crippen LogP contribution is 2.32. The monoisotopic (exact) mass is 775 g/mol. The number of ether oxygens (including phenoxy) is 7. The van der Waals surface area contributed by atoms with Crippen LogP contribution in [0.5, 0.6) is 0 Å². The van der Waals surface area contributed by atoms with Crippen molar-refractivity contribution in [2.24, 2.45) is 0 Å². The molecule has 0 aliphatic carbocycles. The third-order valence-electron chi connectivity index (χ3n) is 9.41.